The number of benzene rings is 2. The first-order valence-electron chi connectivity index (χ1n) is 11.0. The van der Waals surface area contributed by atoms with Gasteiger partial charge in [-0.05, 0) is 55.4 Å². The standard InChI is InChI=1S/C24H24F4N2OS/c25-16-8-15(9-17(26)11-16)19-3-1-2-14(22(19)28)10-21-23(29-32-18-6-7-18)20(27)12-30(21)24(31)13-4-5-13/h1-3,8-9,11,13,18,20-21,23,29H,4-7,10,12H2/t20-,21-,23-/m0/s1. The number of likely N-dealkylation sites (tertiary alicyclic amines) is 1. The molecule has 3 atom stereocenters. The molecular formula is C24H24F4N2OS. The van der Waals surface area contributed by atoms with Crippen molar-refractivity contribution in [2.24, 2.45) is 5.92 Å². The average molecular weight is 465 g/mol. The van der Waals surface area contributed by atoms with Crippen LogP contribution in [0.5, 0.6) is 0 Å². The highest BCUT2D eigenvalue weighted by Crippen LogP contribution is 2.38. The third-order valence-corrected chi connectivity index (χ3v) is 7.57. The Hall–Kier alpha value is -2.06. The average Bonchev–Trinajstić information content (AvgIpc) is 3.66. The van der Waals surface area contributed by atoms with Gasteiger partial charge in [0.2, 0.25) is 5.91 Å². The number of amides is 1. The van der Waals surface area contributed by atoms with Gasteiger partial charge in [-0.1, -0.05) is 30.1 Å². The van der Waals surface area contributed by atoms with Gasteiger partial charge in [0.05, 0.1) is 18.6 Å². The molecule has 8 heteroatoms. The molecule has 0 bridgehead atoms. The summed E-state index contributed by atoms with van der Waals surface area (Å²) in [5.41, 5.74) is 0.470. The summed E-state index contributed by atoms with van der Waals surface area (Å²) in [5.74, 6) is -2.31. The smallest absolute Gasteiger partial charge is 0.226 e. The van der Waals surface area contributed by atoms with Gasteiger partial charge >= 0.3 is 0 Å². The molecule has 2 aliphatic carbocycles. The molecule has 0 spiro atoms. The minimum atomic E-state index is -1.24. The third kappa shape index (κ3) is 4.53. The van der Waals surface area contributed by atoms with Gasteiger partial charge < -0.3 is 4.90 Å². The maximum absolute atomic E-state index is 15.5. The molecule has 1 N–H and O–H groups in total. The molecule has 1 amide bonds. The quantitative estimate of drug-likeness (QED) is 0.460. The number of carbonyl (C=O) groups is 1. The van der Waals surface area contributed by atoms with Crippen LogP contribution in [0.15, 0.2) is 36.4 Å². The molecule has 1 aliphatic heterocycles. The largest absolute Gasteiger partial charge is 0.334 e. The summed E-state index contributed by atoms with van der Waals surface area (Å²) in [6, 6.07) is 6.44. The van der Waals surface area contributed by atoms with Crippen LogP contribution in [0.2, 0.25) is 0 Å². The summed E-state index contributed by atoms with van der Waals surface area (Å²) in [7, 11) is 0. The van der Waals surface area contributed by atoms with Crippen LogP contribution in [-0.4, -0.2) is 40.9 Å². The van der Waals surface area contributed by atoms with Gasteiger partial charge in [0.15, 0.2) is 0 Å². The molecule has 3 nitrogen and oxygen atoms in total. The monoisotopic (exact) mass is 464 g/mol. The number of hydrogen-bond donors (Lipinski definition) is 1. The van der Waals surface area contributed by atoms with Crippen LogP contribution in [0.25, 0.3) is 11.1 Å². The highest BCUT2D eigenvalue weighted by Gasteiger charge is 2.48. The van der Waals surface area contributed by atoms with Crippen molar-refractivity contribution < 1.29 is 22.4 Å². The van der Waals surface area contributed by atoms with Gasteiger partial charge in [-0.25, -0.2) is 17.6 Å². The van der Waals surface area contributed by atoms with E-state index in [-0.39, 0.29) is 35.9 Å². The summed E-state index contributed by atoms with van der Waals surface area (Å²) >= 11 is 1.50. The predicted octanol–water partition coefficient (Wildman–Crippen LogP) is 5.04. The van der Waals surface area contributed by atoms with E-state index in [1.54, 1.807) is 17.0 Å². The van der Waals surface area contributed by atoms with E-state index in [1.165, 1.54) is 18.0 Å². The molecule has 3 aliphatic rings. The highest BCUT2D eigenvalue weighted by atomic mass is 32.2. The lowest BCUT2D eigenvalue weighted by Gasteiger charge is -2.29. The molecule has 0 radical (unpaired) electrons. The van der Waals surface area contributed by atoms with Crippen LogP contribution in [0.1, 0.15) is 31.2 Å². The molecule has 1 heterocycles. The molecule has 1 saturated heterocycles. The molecule has 2 saturated carbocycles. The molecule has 32 heavy (non-hydrogen) atoms. The summed E-state index contributed by atoms with van der Waals surface area (Å²) < 4.78 is 61.0. The second-order valence-corrected chi connectivity index (χ2v) is 10.1. The first-order valence-corrected chi connectivity index (χ1v) is 11.9. The zero-order valence-electron chi connectivity index (χ0n) is 17.4. The van der Waals surface area contributed by atoms with E-state index in [2.05, 4.69) is 4.72 Å². The van der Waals surface area contributed by atoms with E-state index in [9.17, 15) is 18.0 Å². The van der Waals surface area contributed by atoms with Gasteiger partial charge in [0, 0.05) is 22.8 Å². The van der Waals surface area contributed by atoms with Crippen LogP contribution < -0.4 is 4.72 Å². The molecule has 0 aromatic heterocycles. The Balaban J connectivity index is 1.44. The van der Waals surface area contributed by atoms with Gasteiger partial charge in [-0.15, -0.1) is 0 Å². The maximum Gasteiger partial charge on any atom is 0.226 e. The number of nitrogens with one attached hydrogen (secondary N) is 1. The van der Waals surface area contributed by atoms with Gasteiger partial charge in [-0.2, -0.15) is 0 Å². The third-order valence-electron chi connectivity index (χ3n) is 6.36. The second-order valence-electron chi connectivity index (χ2n) is 8.95. The van der Waals surface area contributed by atoms with E-state index in [1.807, 2.05) is 0 Å². The molecule has 0 unspecified atom stereocenters. The summed E-state index contributed by atoms with van der Waals surface area (Å²) in [6.45, 7) is -0.000684. The second kappa shape index (κ2) is 8.71. The Morgan fingerprint density at radius 2 is 1.78 bits per heavy atom. The van der Waals surface area contributed by atoms with Crippen molar-refractivity contribution in [1.29, 1.82) is 0 Å². The van der Waals surface area contributed by atoms with Crippen molar-refractivity contribution in [3.63, 3.8) is 0 Å². The fraction of sp³-hybridized carbons (Fsp3) is 0.458. The van der Waals surface area contributed by atoms with Crippen molar-refractivity contribution >= 4 is 17.9 Å². The van der Waals surface area contributed by atoms with Crippen molar-refractivity contribution in [1.82, 2.24) is 9.62 Å². The summed E-state index contributed by atoms with van der Waals surface area (Å²) in [6.07, 6.45) is 2.66. The minimum Gasteiger partial charge on any atom is -0.334 e. The number of nitrogens with zero attached hydrogens (tertiary/aromatic N) is 1. The topological polar surface area (TPSA) is 32.3 Å². The fourth-order valence-electron chi connectivity index (χ4n) is 4.34. The molecule has 3 fully saturated rings. The summed E-state index contributed by atoms with van der Waals surface area (Å²) in [5, 5.41) is 0.457. The minimum absolute atomic E-state index is 0.000684. The van der Waals surface area contributed by atoms with E-state index in [0.29, 0.717) is 10.8 Å². The Bertz CT molecular complexity index is 1010. The Kier molecular flexibility index (Phi) is 5.92. The number of alkyl halides is 1. The lowest BCUT2D eigenvalue weighted by molar-refractivity contribution is -0.133. The number of halogens is 4. The van der Waals surface area contributed by atoms with E-state index in [4.69, 9.17) is 0 Å². The SMILES string of the molecule is O=C(C1CC1)N1C[C@H](F)[C@H](NSC2CC2)[C@@H]1Cc1cccc(-c2cc(F)cc(F)c2)c1F. The molecule has 2 aromatic carbocycles. The summed E-state index contributed by atoms with van der Waals surface area (Å²) in [4.78, 5) is 14.4. The fourth-order valence-corrected chi connectivity index (χ4v) is 5.36. The maximum atomic E-state index is 15.5. The van der Waals surface area contributed by atoms with E-state index < -0.39 is 35.7 Å². The Morgan fingerprint density at radius 1 is 1.06 bits per heavy atom. The Morgan fingerprint density at radius 3 is 2.44 bits per heavy atom. The van der Waals surface area contributed by atoms with Crippen molar-refractivity contribution in [3.8, 4) is 11.1 Å². The van der Waals surface area contributed by atoms with Crippen LogP contribution >= 0.6 is 11.9 Å². The normalized spacial score (nSPS) is 25.4. The van der Waals surface area contributed by atoms with Crippen LogP contribution in [-0.2, 0) is 11.2 Å². The predicted molar refractivity (Wildman–Crippen MR) is 116 cm³/mol. The molecular weight excluding hydrogens is 440 g/mol. The van der Waals surface area contributed by atoms with Crippen molar-refractivity contribution in [3.05, 3.63) is 59.4 Å². The van der Waals surface area contributed by atoms with E-state index in [0.717, 1.165) is 43.9 Å². The highest BCUT2D eigenvalue weighted by molar-refractivity contribution is 7.98. The molecule has 2 aromatic rings. The number of rotatable bonds is 7. The van der Waals surface area contributed by atoms with Gasteiger partial charge in [0.1, 0.15) is 23.6 Å². The first-order chi connectivity index (χ1) is 15.4. The van der Waals surface area contributed by atoms with Gasteiger partial charge in [-0.3, -0.25) is 9.52 Å². The first kappa shape index (κ1) is 21.8. The van der Waals surface area contributed by atoms with E-state index >= 15 is 4.39 Å². The molecule has 170 valence electrons. The van der Waals surface area contributed by atoms with Crippen LogP contribution in [0.4, 0.5) is 17.6 Å². The number of hydrogen-bond acceptors (Lipinski definition) is 3. The van der Waals surface area contributed by atoms with Crippen LogP contribution in [0.3, 0.4) is 0 Å². The van der Waals surface area contributed by atoms with Crippen molar-refractivity contribution in [2.45, 2.75) is 55.6 Å². The van der Waals surface area contributed by atoms with Crippen molar-refractivity contribution in [2.75, 3.05) is 6.54 Å². The molecule has 5 rings (SSSR count). The zero-order chi connectivity index (χ0) is 22.4. The lowest BCUT2D eigenvalue weighted by Crippen LogP contribution is -2.46. The van der Waals surface area contributed by atoms with Gasteiger partial charge in [0.25, 0.3) is 0 Å². The zero-order valence-corrected chi connectivity index (χ0v) is 18.2. The van der Waals surface area contributed by atoms with Crippen LogP contribution in [0, 0.1) is 23.4 Å². The Labute approximate surface area is 188 Å². The number of carbonyl (C=O) groups excluding carboxylic acids is 1. The lowest BCUT2D eigenvalue weighted by atomic mass is 9.95.